The smallest absolute Gasteiger partial charge is 0.416 e. The molecule has 10 heteroatoms. The Balaban J connectivity index is 1.48. The number of piperazine rings is 1. The van der Waals surface area contributed by atoms with Gasteiger partial charge in [-0.05, 0) is 31.7 Å². The summed E-state index contributed by atoms with van der Waals surface area (Å²) in [6, 6.07) is 3.48. The van der Waals surface area contributed by atoms with Gasteiger partial charge in [0.1, 0.15) is 5.60 Å². The minimum atomic E-state index is -4.49. The van der Waals surface area contributed by atoms with Gasteiger partial charge in [-0.15, -0.1) is 0 Å². The van der Waals surface area contributed by atoms with Gasteiger partial charge in [0, 0.05) is 68.4 Å². The van der Waals surface area contributed by atoms with E-state index in [1.807, 2.05) is 0 Å². The van der Waals surface area contributed by atoms with Crippen LogP contribution >= 0.6 is 11.6 Å². The molecule has 180 valence electrons. The van der Waals surface area contributed by atoms with E-state index in [-0.39, 0.29) is 10.9 Å². The summed E-state index contributed by atoms with van der Waals surface area (Å²) >= 11 is 5.93. The summed E-state index contributed by atoms with van der Waals surface area (Å²) in [5.41, 5.74) is -0.502. The first-order chi connectivity index (χ1) is 15.5. The second-order valence-electron chi connectivity index (χ2n) is 8.79. The second kappa shape index (κ2) is 8.83. The molecule has 0 aliphatic carbocycles. The monoisotopic (exact) mass is 485 g/mol. The average Bonchev–Trinajstić information content (AvgIpc) is 3.02. The van der Waals surface area contributed by atoms with Crippen molar-refractivity contribution < 1.29 is 27.5 Å². The Morgan fingerprint density at radius 3 is 2.30 bits per heavy atom. The number of piperidine rings is 1. The molecule has 0 unspecified atom stereocenters. The summed E-state index contributed by atoms with van der Waals surface area (Å²) in [6.45, 7) is 7.49. The number of benzene rings is 1. The number of esters is 1. The van der Waals surface area contributed by atoms with Gasteiger partial charge < -0.3 is 19.4 Å². The van der Waals surface area contributed by atoms with Crippen molar-refractivity contribution in [2.24, 2.45) is 0 Å². The van der Waals surface area contributed by atoms with Crippen LogP contribution in [0.25, 0.3) is 0 Å². The lowest BCUT2D eigenvalue weighted by molar-refractivity contribution is -0.151. The molecule has 1 spiro atoms. The van der Waals surface area contributed by atoms with Gasteiger partial charge in [0.2, 0.25) is 0 Å². The Kier molecular flexibility index (Phi) is 6.39. The Labute approximate surface area is 195 Å². The first kappa shape index (κ1) is 23.9. The van der Waals surface area contributed by atoms with Gasteiger partial charge >= 0.3 is 12.1 Å². The number of ether oxygens (including phenoxy) is 1. The third-order valence-electron chi connectivity index (χ3n) is 6.89. The maximum Gasteiger partial charge on any atom is 0.416 e. The molecule has 3 heterocycles. The molecule has 2 saturated heterocycles. The number of anilines is 1. The van der Waals surface area contributed by atoms with Crippen molar-refractivity contribution in [1.82, 2.24) is 9.80 Å². The molecule has 1 aromatic carbocycles. The van der Waals surface area contributed by atoms with E-state index >= 15 is 0 Å². The van der Waals surface area contributed by atoms with Crippen molar-refractivity contribution in [3.05, 3.63) is 39.9 Å². The topological polar surface area (TPSA) is 53.1 Å². The van der Waals surface area contributed by atoms with E-state index in [1.54, 1.807) is 16.7 Å². The van der Waals surface area contributed by atoms with Gasteiger partial charge in [-0.25, -0.2) is 4.79 Å². The second-order valence-corrected chi connectivity index (χ2v) is 9.23. The molecule has 0 bridgehead atoms. The molecule has 2 fully saturated rings. The highest BCUT2D eigenvalue weighted by atomic mass is 35.5. The quantitative estimate of drug-likeness (QED) is 0.611. The molecule has 4 rings (SSSR count). The van der Waals surface area contributed by atoms with Crippen LogP contribution in [0.1, 0.15) is 32.3 Å². The number of carbonyl (C=O) groups is 2. The van der Waals surface area contributed by atoms with E-state index in [0.717, 1.165) is 31.8 Å². The van der Waals surface area contributed by atoms with Gasteiger partial charge in [-0.3, -0.25) is 4.79 Å². The molecule has 33 heavy (non-hydrogen) atoms. The normalized spacial score (nSPS) is 21.7. The largest absolute Gasteiger partial charge is 0.450 e. The summed E-state index contributed by atoms with van der Waals surface area (Å²) in [5.74, 6) is -0.662. The van der Waals surface area contributed by atoms with Crippen LogP contribution in [-0.4, -0.2) is 73.1 Å². The highest BCUT2D eigenvalue weighted by molar-refractivity contribution is 6.31. The van der Waals surface area contributed by atoms with Gasteiger partial charge in [0.05, 0.1) is 11.1 Å². The van der Waals surface area contributed by atoms with Crippen LogP contribution in [0.4, 0.5) is 18.9 Å². The van der Waals surface area contributed by atoms with Gasteiger partial charge in [0.25, 0.3) is 5.91 Å². The Bertz CT molecular complexity index is 979. The first-order valence-corrected chi connectivity index (χ1v) is 11.5. The molecule has 0 radical (unpaired) electrons. The lowest BCUT2D eigenvalue weighted by Gasteiger charge is -2.41. The van der Waals surface area contributed by atoms with Crippen LogP contribution in [0.5, 0.6) is 0 Å². The number of likely N-dealkylation sites (tertiary alicyclic amines) is 1. The van der Waals surface area contributed by atoms with Crippen molar-refractivity contribution >= 4 is 29.2 Å². The van der Waals surface area contributed by atoms with E-state index in [9.17, 15) is 22.8 Å². The van der Waals surface area contributed by atoms with E-state index in [1.165, 1.54) is 6.07 Å². The molecule has 6 nitrogen and oxygen atoms in total. The fourth-order valence-corrected chi connectivity index (χ4v) is 5.16. The zero-order valence-corrected chi connectivity index (χ0v) is 19.4. The molecular weight excluding hydrogens is 459 g/mol. The number of hydrogen-bond acceptors (Lipinski definition) is 5. The highest BCUT2D eigenvalue weighted by Gasteiger charge is 2.51. The summed E-state index contributed by atoms with van der Waals surface area (Å²) < 4.78 is 45.3. The fourth-order valence-electron chi connectivity index (χ4n) is 4.93. The first-order valence-electron chi connectivity index (χ1n) is 11.1. The van der Waals surface area contributed by atoms with Crippen molar-refractivity contribution in [2.75, 3.05) is 50.7 Å². The number of carbonyl (C=O) groups excluding carboxylic acids is 2. The van der Waals surface area contributed by atoms with Crippen LogP contribution in [-0.2, 0) is 20.5 Å². The number of alkyl halides is 3. The van der Waals surface area contributed by atoms with Crippen molar-refractivity contribution in [2.45, 2.75) is 38.5 Å². The maximum atomic E-state index is 13.5. The van der Waals surface area contributed by atoms with E-state index in [4.69, 9.17) is 16.3 Å². The predicted molar refractivity (Wildman–Crippen MR) is 118 cm³/mol. The van der Waals surface area contributed by atoms with Crippen LogP contribution in [0.2, 0.25) is 5.02 Å². The molecule has 1 aromatic rings. The average molecular weight is 486 g/mol. The van der Waals surface area contributed by atoms with E-state index in [0.29, 0.717) is 55.9 Å². The molecule has 0 aromatic heterocycles. The molecule has 3 aliphatic heterocycles. The molecular formula is C23H27ClF3N3O3. The minimum absolute atomic E-state index is 0.0149. The zero-order chi connectivity index (χ0) is 24.0. The Morgan fingerprint density at radius 1 is 1.09 bits per heavy atom. The van der Waals surface area contributed by atoms with Gasteiger partial charge in [-0.2, -0.15) is 13.2 Å². The Hall–Kier alpha value is -2.26. The van der Waals surface area contributed by atoms with Gasteiger partial charge in [-0.1, -0.05) is 18.5 Å². The molecule has 0 N–H and O–H groups in total. The van der Waals surface area contributed by atoms with Crippen LogP contribution in [0.15, 0.2) is 29.3 Å². The molecule has 3 aliphatic rings. The molecule has 0 saturated carbocycles. The van der Waals surface area contributed by atoms with Gasteiger partial charge in [0.15, 0.2) is 0 Å². The predicted octanol–water partition coefficient (Wildman–Crippen LogP) is 3.74. The van der Waals surface area contributed by atoms with Crippen LogP contribution in [0, 0.1) is 0 Å². The van der Waals surface area contributed by atoms with Crippen molar-refractivity contribution in [1.29, 1.82) is 0 Å². The zero-order valence-electron chi connectivity index (χ0n) is 18.7. The summed E-state index contributed by atoms with van der Waals surface area (Å²) in [7, 11) is 0. The number of nitrogens with zero attached hydrogens (tertiary/aromatic N) is 3. The summed E-state index contributed by atoms with van der Waals surface area (Å²) in [6.07, 6.45) is -3.33. The van der Waals surface area contributed by atoms with Crippen LogP contribution in [0.3, 0.4) is 0 Å². The lowest BCUT2D eigenvalue weighted by Crippen LogP contribution is -2.53. The van der Waals surface area contributed by atoms with Crippen LogP contribution < -0.4 is 4.90 Å². The standard InChI is InChI=1S/C23H27ClF3N3O3/c1-3-28-6-4-22(5-7-28)19(15(2)21(32)33-22)20(31)30-10-8-29(9-11-30)18-13-16(23(25,26)27)12-17(24)14-18/h12-14H,3-11H2,1-2H3. The summed E-state index contributed by atoms with van der Waals surface area (Å²) in [5, 5.41) is 0.0149. The third kappa shape index (κ3) is 4.57. The third-order valence-corrected chi connectivity index (χ3v) is 7.11. The Morgan fingerprint density at radius 2 is 1.73 bits per heavy atom. The SMILES string of the molecule is CCN1CCC2(CC1)OC(=O)C(C)=C2C(=O)N1CCN(c2cc(Cl)cc(C(F)(F)F)c2)CC1. The number of rotatable bonds is 3. The fraction of sp³-hybridized carbons (Fsp3) is 0.565. The number of amides is 1. The number of hydrogen-bond donors (Lipinski definition) is 0. The van der Waals surface area contributed by atoms with E-state index < -0.39 is 23.3 Å². The highest BCUT2D eigenvalue weighted by Crippen LogP contribution is 2.42. The van der Waals surface area contributed by atoms with Crippen molar-refractivity contribution in [3.63, 3.8) is 0 Å². The summed E-state index contributed by atoms with van der Waals surface area (Å²) in [4.78, 5) is 31.6. The molecule has 1 amide bonds. The molecule has 0 atom stereocenters. The lowest BCUT2D eigenvalue weighted by atomic mass is 9.82. The van der Waals surface area contributed by atoms with Crippen molar-refractivity contribution in [3.8, 4) is 0 Å². The number of halogens is 4. The van der Waals surface area contributed by atoms with E-state index in [2.05, 4.69) is 11.8 Å². The minimum Gasteiger partial charge on any atom is -0.450 e. The maximum absolute atomic E-state index is 13.5.